The zero-order valence-electron chi connectivity index (χ0n) is 15.9. The number of nitrogens with one attached hydrogen (secondary N) is 1. The average Bonchev–Trinajstić information content (AvgIpc) is 2.73. The van der Waals surface area contributed by atoms with Gasteiger partial charge in [-0.15, -0.1) is 0 Å². The molecular formula is C20H22ClFN4O2. The summed E-state index contributed by atoms with van der Waals surface area (Å²) < 4.78 is 20.4. The Kier molecular flexibility index (Phi) is 5.41. The highest BCUT2D eigenvalue weighted by molar-refractivity contribution is 6.30. The van der Waals surface area contributed by atoms with Crippen molar-refractivity contribution in [1.82, 2.24) is 4.98 Å². The van der Waals surface area contributed by atoms with E-state index in [0.29, 0.717) is 35.1 Å². The summed E-state index contributed by atoms with van der Waals surface area (Å²) in [5.74, 6) is -0.555. The van der Waals surface area contributed by atoms with Gasteiger partial charge < -0.3 is 15.8 Å². The smallest absolute Gasteiger partial charge is 0.274 e. The van der Waals surface area contributed by atoms with Gasteiger partial charge in [-0.2, -0.15) is 0 Å². The Labute approximate surface area is 168 Å². The third-order valence-electron chi connectivity index (χ3n) is 4.80. The number of amidine groups is 1. The number of carbonyl (C=O) groups excluding carboxylic acids is 1. The number of ether oxygens (including phenoxy) is 1. The van der Waals surface area contributed by atoms with Crippen LogP contribution in [-0.2, 0) is 10.3 Å². The fourth-order valence-electron chi connectivity index (χ4n) is 2.95. The van der Waals surface area contributed by atoms with E-state index in [-0.39, 0.29) is 5.69 Å². The number of anilines is 1. The molecule has 0 spiro atoms. The number of nitrogens with two attached hydrogens (primary N) is 1. The monoisotopic (exact) mass is 404 g/mol. The summed E-state index contributed by atoms with van der Waals surface area (Å²) in [5, 5.41) is 3.16. The highest BCUT2D eigenvalue weighted by Crippen LogP contribution is 2.36. The molecule has 0 radical (unpaired) electrons. The summed E-state index contributed by atoms with van der Waals surface area (Å²) in [6.45, 7) is 5.82. The van der Waals surface area contributed by atoms with E-state index in [4.69, 9.17) is 22.1 Å². The van der Waals surface area contributed by atoms with Crippen LogP contribution in [0.4, 0.5) is 10.1 Å². The maximum absolute atomic E-state index is 14.7. The fourth-order valence-corrected chi connectivity index (χ4v) is 3.06. The molecule has 1 amide bonds. The number of amides is 1. The quantitative estimate of drug-likeness (QED) is 0.811. The van der Waals surface area contributed by atoms with E-state index >= 15 is 0 Å². The predicted molar refractivity (Wildman–Crippen MR) is 107 cm³/mol. The molecule has 1 aromatic carbocycles. The molecule has 0 aliphatic carbocycles. The normalized spacial score (nSPS) is 21.5. The minimum Gasteiger partial charge on any atom is -0.385 e. The number of pyridine rings is 1. The summed E-state index contributed by atoms with van der Waals surface area (Å²) in [4.78, 5) is 20.9. The molecule has 2 aromatic rings. The lowest BCUT2D eigenvalue weighted by Gasteiger charge is -2.26. The van der Waals surface area contributed by atoms with Gasteiger partial charge in [-0.25, -0.2) is 9.37 Å². The lowest BCUT2D eigenvalue weighted by atomic mass is 9.88. The molecule has 1 aliphatic rings. The second-order valence-electron chi connectivity index (χ2n) is 7.39. The maximum Gasteiger partial charge on any atom is 0.274 e. The van der Waals surface area contributed by atoms with Crippen molar-refractivity contribution in [3.8, 4) is 0 Å². The highest BCUT2D eigenvalue weighted by Gasteiger charge is 2.36. The van der Waals surface area contributed by atoms with Crippen molar-refractivity contribution in [3.63, 3.8) is 0 Å². The summed E-state index contributed by atoms with van der Waals surface area (Å²) in [5.41, 5.74) is 5.42. The van der Waals surface area contributed by atoms with Crippen LogP contribution in [0.1, 0.15) is 43.2 Å². The van der Waals surface area contributed by atoms with E-state index in [1.165, 1.54) is 24.4 Å². The Morgan fingerprint density at radius 1 is 1.29 bits per heavy atom. The van der Waals surface area contributed by atoms with Gasteiger partial charge in [0.2, 0.25) is 0 Å². The molecule has 0 saturated carbocycles. The topological polar surface area (TPSA) is 89.6 Å². The number of rotatable bonds is 3. The van der Waals surface area contributed by atoms with Gasteiger partial charge in [0, 0.05) is 23.9 Å². The van der Waals surface area contributed by atoms with Gasteiger partial charge in [0.25, 0.3) is 5.91 Å². The Hall–Kier alpha value is -2.51. The number of hydrogen-bond acceptors (Lipinski definition) is 5. The number of halogens is 2. The summed E-state index contributed by atoms with van der Waals surface area (Å²) in [7, 11) is 0. The van der Waals surface area contributed by atoms with Crippen LogP contribution in [0.5, 0.6) is 0 Å². The summed E-state index contributed by atoms with van der Waals surface area (Å²) >= 11 is 5.79. The van der Waals surface area contributed by atoms with Gasteiger partial charge in [0.15, 0.2) is 0 Å². The van der Waals surface area contributed by atoms with E-state index in [1.807, 2.05) is 13.8 Å². The Bertz CT molecular complexity index is 930. The fraction of sp³-hybridized carbons (Fsp3) is 0.350. The molecule has 3 N–H and O–H groups in total. The van der Waals surface area contributed by atoms with Crippen molar-refractivity contribution >= 4 is 29.0 Å². The molecule has 0 bridgehead atoms. The van der Waals surface area contributed by atoms with Crippen LogP contribution >= 0.6 is 11.6 Å². The van der Waals surface area contributed by atoms with Crippen LogP contribution in [0.15, 0.2) is 41.5 Å². The van der Waals surface area contributed by atoms with Crippen LogP contribution in [0.2, 0.25) is 5.02 Å². The van der Waals surface area contributed by atoms with Gasteiger partial charge >= 0.3 is 0 Å². The van der Waals surface area contributed by atoms with Gasteiger partial charge in [0.1, 0.15) is 22.9 Å². The van der Waals surface area contributed by atoms with Gasteiger partial charge in [-0.1, -0.05) is 11.6 Å². The van der Waals surface area contributed by atoms with Crippen molar-refractivity contribution in [2.24, 2.45) is 10.7 Å². The highest BCUT2D eigenvalue weighted by atomic mass is 35.5. The van der Waals surface area contributed by atoms with Crippen molar-refractivity contribution < 1.29 is 13.9 Å². The molecule has 1 unspecified atom stereocenters. The zero-order chi connectivity index (χ0) is 20.5. The number of aliphatic imine (C=N–C) groups is 1. The van der Waals surface area contributed by atoms with Gasteiger partial charge in [0.05, 0.1) is 17.2 Å². The second kappa shape index (κ2) is 7.48. The van der Waals surface area contributed by atoms with Crippen LogP contribution in [0.25, 0.3) is 0 Å². The molecule has 1 aliphatic heterocycles. The first-order valence-electron chi connectivity index (χ1n) is 8.83. The number of benzene rings is 1. The molecule has 1 atom stereocenters. The van der Waals surface area contributed by atoms with Crippen LogP contribution < -0.4 is 11.1 Å². The minimum absolute atomic E-state index is 0.202. The van der Waals surface area contributed by atoms with Crippen molar-refractivity contribution in [3.05, 3.63) is 58.6 Å². The maximum atomic E-state index is 14.7. The van der Waals surface area contributed by atoms with Crippen LogP contribution in [0.3, 0.4) is 0 Å². The summed E-state index contributed by atoms with van der Waals surface area (Å²) in [6.07, 6.45) is 1.84. The molecular weight excluding hydrogens is 383 g/mol. The lowest BCUT2D eigenvalue weighted by molar-refractivity contribution is 0.0319. The van der Waals surface area contributed by atoms with Gasteiger partial charge in [-0.3, -0.25) is 9.79 Å². The van der Waals surface area contributed by atoms with Gasteiger partial charge in [-0.05, 0) is 51.1 Å². The largest absolute Gasteiger partial charge is 0.385 e. The van der Waals surface area contributed by atoms with E-state index in [2.05, 4.69) is 15.3 Å². The molecule has 6 nitrogen and oxygen atoms in total. The molecule has 1 aromatic heterocycles. The first-order chi connectivity index (χ1) is 13.1. The predicted octanol–water partition coefficient (Wildman–Crippen LogP) is 3.90. The third kappa shape index (κ3) is 4.15. The zero-order valence-corrected chi connectivity index (χ0v) is 16.7. The molecule has 8 heteroatoms. The Morgan fingerprint density at radius 3 is 2.71 bits per heavy atom. The van der Waals surface area contributed by atoms with E-state index in [9.17, 15) is 9.18 Å². The van der Waals surface area contributed by atoms with Crippen LogP contribution in [-0.4, -0.2) is 28.9 Å². The first kappa shape index (κ1) is 20.2. The average molecular weight is 405 g/mol. The Balaban J connectivity index is 1.92. The Morgan fingerprint density at radius 2 is 2.04 bits per heavy atom. The van der Waals surface area contributed by atoms with Crippen LogP contribution in [0, 0.1) is 5.82 Å². The first-order valence-corrected chi connectivity index (χ1v) is 9.21. The van der Waals surface area contributed by atoms with E-state index in [0.717, 1.165) is 0 Å². The van der Waals surface area contributed by atoms with Crippen molar-refractivity contribution in [2.45, 2.75) is 38.3 Å². The van der Waals surface area contributed by atoms with E-state index in [1.54, 1.807) is 19.1 Å². The molecule has 2 heterocycles. The lowest BCUT2D eigenvalue weighted by Crippen LogP contribution is -2.40. The molecule has 0 fully saturated rings. The third-order valence-corrected chi connectivity index (χ3v) is 5.02. The number of nitrogens with zero attached hydrogens (tertiary/aromatic N) is 2. The standard InChI is InChI=1S/C20H22ClFN4O2/c1-19(2)18(23)26-20(3,8-9-28-19)14-10-13(5-6-15(14)22)25-17(27)16-7-4-12(21)11-24-16/h4-7,10-11H,8-9H2,1-3H3,(H2,23,26)(H,25,27). The molecule has 0 saturated heterocycles. The molecule has 148 valence electrons. The number of aromatic nitrogens is 1. The number of hydrogen-bond donors (Lipinski definition) is 2. The second-order valence-corrected chi connectivity index (χ2v) is 7.83. The molecule has 28 heavy (non-hydrogen) atoms. The SMILES string of the molecule is CC1(C)OCCC(C)(c2cc(NC(=O)c3ccc(Cl)cn3)ccc2F)N=C1N. The molecule has 3 rings (SSSR count). The summed E-state index contributed by atoms with van der Waals surface area (Å²) in [6, 6.07) is 7.44. The van der Waals surface area contributed by atoms with E-state index < -0.39 is 22.9 Å². The van der Waals surface area contributed by atoms with Crippen molar-refractivity contribution in [2.75, 3.05) is 11.9 Å². The minimum atomic E-state index is -0.915. The van der Waals surface area contributed by atoms with Crippen molar-refractivity contribution in [1.29, 1.82) is 0 Å². The number of carbonyl (C=O) groups is 1.